The quantitative estimate of drug-likeness (QED) is 0.563. The summed E-state index contributed by atoms with van der Waals surface area (Å²) in [6.07, 6.45) is 7.38. The van der Waals surface area contributed by atoms with Crippen molar-refractivity contribution in [2.45, 2.75) is 6.42 Å². The van der Waals surface area contributed by atoms with Crippen LogP contribution < -0.4 is 5.32 Å². The highest BCUT2D eigenvalue weighted by Crippen LogP contribution is 2.21. The maximum atomic E-state index is 14.3. The molecule has 0 aliphatic rings. The normalized spacial score (nSPS) is 10.8. The molecule has 0 spiro atoms. The highest BCUT2D eigenvalue weighted by atomic mass is 19.1. The number of nitrogens with one attached hydrogen (secondary N) is 1. The third-order valence-electron chi connectivity index (χ3n) is 4.31. The van der Waals surface area contributed by atoms with Crippen molar-refractivity contribution in [2.24, 2.45) is 0 Å². The van der Waals surface area contributed by atoms with Crippen LogP contribution in [0.5, 0.6) is 0 Å². The first-order valence-electron chi connectivity index (χ1n) is 8.88. The molecule has 4 rings (SSSR count). The minimum Gasteiger partial charge on any atom is -0.351 e. The number of hydrogen-bond donors (Lipinski definition) is 1. The van der Waals surface area contributed by atoms with Gasteiger partial charge in [-0.2, -0.15) is 5.10 Å². The van der Waals surface area contributed by atoms with Gasteiger partial charge >= 0.3 is 0 Å². The summed E-state index contributed by atoms with van der Waals surface area (Å²) in [4.78, 5) is 17.0. The molecule has 0 fully saturated rings. The molecule has 1 amide bonds. The number of halogens is 1. The molecule has 3 aromatic heterocycles. The molecule has 0 radical (unpaired) electrons. The summed E-state index contributed by atoms with van der Waals surface area (Å²) < 4.78 is 17.5. The second-order valence-corrected chi connectivity index (χ2v) is 6.16. The van der Waals surface area contributed by atoms with Gasteiger partial charge in [0.25, 0.3) is 5.91 Å². The van der Waals surface area contributed by atoms with Crippen LogP contribution in [0.3, 0.4) is 0 Å². The van der Waals surface area contributed by atoms with Gasteiger partial charge in [-0.1, -0.05) is 18.2 Å². The molecule has 1 aromatic carbocycles. The van der Waals surface area contributed by atoms with E-state index in [4.69, 9.17) is 0 Å². The van der Waals surface area contributed by atoms with E-state index >= 15 is 0 Å². The lowest BCUT2D eigenvalue weighted by atomic mass is 10.2. The molecule has 7 heteroatoms. The topological polar surface area (TPSA) is 64.7 Å². The van der Waals surface area contributed by atoms with E-state index in [1.165, 1.54) is 16.9 Å². The van der Waals surface area contributed by atoms with Gasteiger partial charge in [-0.3, -0.25) is 9.78 Å². The number of rotatable bonds is 6. The van der Waals surface area contributed by atoms with Crippen LogP contribution in [-0.4, -0.2) is 31.8 Å². The van der Waals surface area contributed by atoms with Crippen LogP contribution in [0.15, 0.2) is 79.4 Å². The van der Waals surface area contributed by atoms with E-state index in [9.17, 15) is 9.18 Å². The summed E-state index contributed by atoms with van der Waals surface area (Å²) in [6.45, 7) is 0.436. The van der Waals surface area contributed by atoms with Gasteiger partial charge in [-0.15, -0.1) is 0 Å². The molecule has 140 valence electrons. The second kappa shape index (κ2) is 7.87. The lowest BCUT2D eigenvalue weighted by Crippen LogP contribution is -2.26. The molecule has 0 atom stereocenters. The predicted octanol–water partition coefficient (Wildman–Crippen LogP) is 3.17. The minimum absolute atomic E-state index is 0.276. The van der Waals surface area contributed by atoms with Crippen LogP contribution in [0.1, 0.15) is 16.1 Å². The van der Waals surface area contributed by atoms with Gasteiger partial charge in [0.1, 0.15) is 17.1 Å². The molecule has 0 bridgehead atoms. The van der Waals surface area contributed by atoms with Crippen LogP contribution in [-0.2, 0) is 6.42 Å². The summed E-state index contributed by atoms with van der Waals surface area (Å²) in [5.74, 6) is -0.214. The van der Waals surface area contributed by atoms with Crippen molar-refractivity contribution in [3.63, 3.8) is 0 Å². The van der Waals surface area contributed by atoms with E-state index in [1.807, 2.05) is 30.3 Å². The number of amides is 1. The Morgan fingerprint density at radius 2 is 1.82 bits per heavy atom. The fourth-order valence-corrected chi connectivity index (χ4v) is 2.97. The van der Waals surface area contributed by atoms with Crippen molar-refractivity contribution in [3.8, 4) is 11.5 Å². The Morgan fingerprint density at radius 1 is 1.04 bits per heavy atom. The number of carbonyl (C=O) groups is 1. The lowest BCUT2D eigenvalue weighted by molar-refractivity contribution is 0.0954. The SMILES string of the molecule is O=C(NCCc1ccccn1)c1cnn(-c2ccccc2F)c1-n1cccc1. The van der Waals surface area contributed by atoms with Crippen LogP contribution in [0.2, 0.25) is 0 Å². The molecule has 1 N–H and O–H groups in total. The van der Waals surface area contributed by atoms with Gasteiger partial charge in [-0.05, 0) is 36.4 Å². The number of pyridine rings is 1. The monoisotopic (exact) mass is 375 g/mol. The van der Waals surface area contributed by atoms with E-state index in [0.29, 0.717) is 24.3 Å². The van der Waals surface area contributed by atoms with E-state index in [-0.39, 0.29) is 11.6 Å². The van der Waals surface area contributed by atoms with Gasteiger partial charge in [-0.25, -0.2) is 9.07 Å². The lowest BCUT2D eigenvalue weighted by Gasteiger charge is -2.11. The largest absolute Gasteiger partial charge is 0.351 e. The first-order valence-corrected chi connectivity index (χ1v) is 8.88. The Labute approximate surface area is 161 Å². The van der Waals surface area contributed by atoms with Gasteiger partial charge in [0.15, 0.2) is 5.82 Å². The molecule has 3 heterocycles. The zero-order chi connectivity index (χ0) is 19.3. The first kappa shape index (κ1) is 17.7. The second-order valence-electron chi connectivity index (χ2n) is 6.16. The van der Waals surface area contributed by atoms with E-state index in [1.54, 1.807) is 41.4 Å². The maximum Gasteiger partial charge on any atom is 0.256 e. The first-order chi connectivity index (χ1) is 13.7. The van der Waals surface area contributed by atoms with Gasteiger partial charge in [0, 0.05) is 37.3 Å². The Morgan fingerprint density at radius 3 is 2.57 bits per heavy atom. The molecule has 0 saturated heterocycles. The summed E-state index contributed by atoms with van der Waals surface area (Å²) in [5.41, 5.74) is 1.54. The summed E-state index contributed by atoms with van der Waals surface area (Å²) >= 11 is 0. The summed E-state index contributed by atoms with van der Waals surface area (Å²) in [7, 11) is 0. The Hall–Kier alpha value is -3.74. The highest BCUT2D eigenvalue weighted by molar-refractivity contribution is 5.97. The van der Waals surface area contributed by atoms with Crippen LogP contribution in [0.25, 0.3) is 11.5 Å². The van der Waals surface area contributed by atoms with Gasteiger partial charge in [0.2, 0.25) is 0 Å². The smallest absolute Gasteiger partial charge is 0.256 e. The average Bonchev–Trinajstić information content (AvgIpc) is 3.38. The van der Waals surface area contributed by atoms with E-state index < -0.39 is 5.82 Å². The van der Waals surface area contributed by atoms with Gasteiger partial charge in [0.05, 0.1) is 6.20 Å². The van der Waals surface area contributed by atoms with Crippen molar-refractivity contribution in [1.29, 1.82) is 0 Å². The fourth-order valence-electron chi connectivity index (χ4n) is 2.97. The van der Waals surface area contributed by atoms with Crippen molar-refractivity contribution < 1.29 is 9.18 Å². The number of para-hydroxylation sites is 1. The van der Waals surface area contributed by atoms with Crippen molar-refractivity contribution >= 4 is 5.91 Å². The van der Waals surface area contributed by atoms with Crippen molar-refractivity contribution in [2.75, 3.05) is 6.54 Å². The number of carbonyl (C=O) groups excluding carboxylic acids is 1. The maximum absolute atomic E-state index is 14.3. The molecular weight excluding hydrogens is 357 g/mol. The van der Waals surface area contributed by atoms with E-state index in [0.717, 1.165) is 5.69 Å². The number of nitrogens with zero attached hydrogens (tertiary/aromatic N) is 4. The van der Waals surface area contributed by atoms with Crippen LogP contribution in [0.4, 0.5) is 4.39 Å². The van der Waals surface area contributed by atoms with Crippen LogP contribution in [0, 0.1) is 5.82 Å². The predicted molar refractivity (Wildman–Crippen MR) is 103 cm³/mol. The summed E-state index contributed by atoms with van der Waals surface area (Å²) in [5, 5.41) is 7.16. The van der Waals surface area contributed by atoms with Crippen LogP contribution >= 0.6 is 0 Å². The fraction of sp³-hybridized carbons (Fsp3) is 0.0952. The molecule has 0 unspecified atom stereocenters. The molecule has 28 heavy (non-hydrogen) atoms. The van der Waals surface area contributed by atoms with Gasteiger partial charge < -0.3 is 9.88 Å². The zero-order valence-corrected chi connectivity index (χ0v) is 15.0. The van der Waals surface area contributed by atoms with E-state index in [2.05, 4.69) is 15.4 Å². The number of hydrogen-bond acceptors (Lipinski definition) is 3. The average molecular weight is 375 g/mol. The van der Waals surface area contributed by atoms with Crippen molar-refractivity contribution in [3.05, 3.63) is 96.5 Å². The third kappa shape index (κ3) is 3.55. The zero-order valence-electron chi connectivity index (χ0n) is 15.0. The Bertz CT molecular complexity index is 1070. The molecule has 0 aliphatic heterocycles. The molecule has 4 aromatic rings. The van der Waals surface area contributed by atoms with Crippen molar-refractivity contribution in [1.82, 2.24) is 24.6 Å². The molecular formula is C21H18FN5O. The molecule has 0 aliphatic carbocycles. The number of aromatic nitrogens is 4. The number of benzene rings is 1. The summed E-state index contributed by atoms with van der Waals surface area (Å²) in [6, 6.07) is 15.7. The highest BCUT2D eigenvalue weighted by Gasteiger charge is 2.21. The molecule has 6 nitrogen and oxygen atoms in total. The standard InChI is InChI=1S/C21H18FN5O/c22-18-8-1-2-9-19(18)27-21(26-13-5-6-14-26)17(15-25-27)20(28)24-12-10-16-7-3-4-11-23-16/h1-9,11,13-15H,10,12H2,(H,24,28). The third-order valence-corrected chi connectivity index (χ3v) is 4.31. The molecule has 0 saturated carbocycles. The minimum atomic E-state index is -0.416. The Balaban J connectivity index is 1.62. The Kier molecular flexibility index (Phi) is 4.97.